The average molecular weight is 190 g/mol. The molecule has 0 heterocycles. The normalized spacial score (nSPS) is 10.2. The fourth-order valence-electron chi connectivity index (χ4n) is 0.763. The van der Waals surface area contributed by atoms with Crippen LogP contribution in [0.3, 0.4) is 0 Å². The molecular weight excluding hydrogens is 183 g/mol. The maximum atomic E-state index is 12.8. The van der Waals surface area contributed by atoms with E-state index in [1.165, 1.54) is 19.2 Å². The van der Waals surface area contributed by atoms with E-state index in [2.05, 4.69) is 0 Å². The molecular formula is C7H7FO3S. The smallest absolute Gasteiger partial charge is 0.171 e. The van der Waals surface area contributed by atoms with Crippen molar-refractivity contribution in [2.75, 3.05) is 7.11 Å². The van der Waals surface area contributed by atoms with E-state index in [9.17, 15) is 12.8 Å². The summed E-state index contributed by atoms with van der Waals surface area (Å²) in [6.45, 7) is 0. The molecule has 0 fully saturated rings. The van der Waals surface area contributed by atoms with Crippen LogP contribution in [0.2, 0.25) is 0 Å². The van der Waals surface area contributed by atoms with Crippen LogP contribution in [0.4, 0.5) is 4.39 Å². The topological polar surface area (TPSA) is 43.4 Å². The highest BCUT2D eigenvalue weighted by Crippen LogP contribution is 2.16. The molecule has 3 nitrogen and oxygen atoms in total. The summed E-state index contributed by atoms with van der Waals surface area (Å²) >= 11 is 0. The van der Waals surface area contributed by atoms with Gasteiger partial charge in [0.25, 0.3) is 0 Å². The molecule has 0 bridgehead atoms. The van der Waals surface area contributed by atoms with Crippen molar-refractivity contribution < 1.29 is 17.5 Å². The van der Waals surface area contributed by atoms with Crippen molar-refractivity contribution in [1.29, 1.82) is 0 Å². The molecule has 0 amide bonds. The Morgan fingerprint density at radius 3 is 2.50 bits per heavy atom. The van der Waals surface area contributed by atoms with Crippen LogP contribution in [0.1, 0.15) is 0 Å². The molecule has 0 aromatic heterocycles. The van der Waals surface area contributed by atoms with Crippen LogP contribution in [-0.4, -0.2) is 15.5 Å². The summed E-state index contributed by atoms with van der Waals surface area (Å²) in [6.07, 6.45) is 0. The third-order valence-electron chi connectivity index (χ3n) is 1.35. The maximum absolute atomic E-state index is 12.8. The van der Waals surface area contributed by atoms with Gasteiger partial charge in [-0.05, 0) is 12.1 Å². The predicted molar refractivity (Wildman–Crippen MR) is 41.5 cm³/mol. The number of methoxy groups -OCH3 is 1. The van der Waals surface area contributed by atoms with Gasteiger partial charge in [-0.2, -0.15) is 0 Å². The molecule has 0 aliphatic carbocycles. The highest BCUT2D eigenvalue weighted by atomic mass is 32.2. The number of hydrogen-bond acceptors (Lipinski definition) is 3. The number of thiol groups is 1. The predicted octanol–water partition coefficient (Wildman–Crippen LogP) is 0.805. The van der Waals surface area contributed by atoms with Crippen LogP contribution in [-0.2, 0) is 10.7 Å². The quantitative estimate of drug-likeness (QED) is 0.701. The SMILES string of the molecule is COc1ccc([SH](=O)=O)c(F)c1. The van der Waals surface area contributed by atoms with Crippen LogP contribution in [0.25, 0.3) is 0 Å². The molecule has 0 N–H and O–H groups in total. The first kappa shape index (κ1) is 8.99. The van der Waals surface area contributed by atoms with E-state index in [4.69, 9.17) is 4.74 Å². The Morgan fingerprint density at radius 2 is 2.08 bits per heavy atom. The van der Waals surface area contributed by atoms with Crippen LogP contribution >= 0.6 is 0 Å². The van der Waals surface area contributed by atoms with Crippen molar-refractivity contribution >= 4 is 10.7 Å². The van der Waals surface area contributed by atoms with Crippen LogP contribution in [0, 0.1) is 5.82 Å². The third-order valence-corrected chi connectivity index (χ3v) is 2.11. The fraction of sp³-hybridized carbons (Fsp3) is 0.143. The molecule has 1 rings (SSSR count). The van der Waals surface area contributed by atoms with Gasteiger partial charge in [-0.1, -0.05) is 0 Å². The molecule has 0 unspecified atom stereocenters. The molecule has 1 aromatic rings. The van der Waals surface area contributed by atoms with Crippen LogP contribution in [0.5, 0.6) is 5.75 Å². The van der Waals surface area contributed by atoms with Crippen molar-refractivity contribution in [3.63, 3.8) is 0 Å². The van der Waals surface area contributed by atoms with E-state index < -0.39 is 16.5 Å². The van der Waals surface area contributed by atoms with Crippen LogP contribution < -0.4 is 4.74 Å². The number of ether oxygens (including phenoxy) is 1. The van der Waals surface area contributed by atoms with Gasteiger partial charge in [0.15, 0.2) is 10.7 Å². The number of hydrogen-bond donors (Lipinski definition) is 1. The summed E-state index contributed by atoms with van der Waals surface area (Å²) < 4.78 is 38.3. The Bertz CT molecular complexity index is 352. The summed E-state index contributed by atoms with van der Waals surface area (Å²) in [5, 5.41) is 0. The Morgan fingerprint density at radius 1 is 1.42 bits per heavy atom. The first-order valence-corrected chi connectivity index (χ1v) is 4.31. The minimum absolute atomic E-state index is 0.299. The molecule has 0 spiro atoms. The molecule has 12 heavy (non-hydrogen) atoms. The van der Waals surface area contributed by atoms with Gasteiger partial charge in [0, 0.05) is 6.07 Å². The zero-order valence-electron chi connectivity index (χ0n) is 6.28. The van der Waals surface area contributed by atoms with E-state index in [0.717, 1.165) is 6.07 Å². The van der Waals surface area contributed by atoms with Gasteiger partial charge in [0.2, 0.25) is 0 Å². The minimum Gasteiger partial charge on any atom is -0.497 e. The highest BCUT2D eigenvalue weighted by Gasteiger charge is 2.04. The Kier molecular flexibility index (Phi) is 2.65. The van der Waals surface area contributed by atoms with E-state index in [0.29, 0.717) is 5.75 Å². The van der Waals surface area contributed by atoms with Crippen LogP contribution in [0.15, 0.2) is 23.1 Å². The molecule has 0 aliphatic heterocycles. The molecule has 0 saturated carbocycles. The number of rotatable bonds is 2. The molecule has 5 heteroatoms. The Labute approximate surface area is 70.7 Å². The highest BCUT2D eigenvalue weighted by molar-refractivity contribution is 7.72. The van der Waals surface area contributed by atoms with E-state index in [1.54, 1.807) is 0 Å². The van der Waals surface area contributed by atoms with Gasteiger partial charge in [0.05, 0.1) is 7.11 Å². The maximum Gasteiger partial charge on any atom is 0.171 e. The van der Waals surface area contributed by atoms with Gasteiger partial charge in [-0.15, -0.1) is 0 Å². The van der Waals surface area contributed by atoms with E-state index >= 15 is 0 Å². The summed E-state index contributed by atoms with van der Waals surface area (Å²) in [5.41, 5.74) is 0. The van der Waals surface area contributed by atoms with Gasteiger partial charge < -0.3 is 4.74 Å². The van der Waals surface area contributed by atoms with Crippen molar-refractivity contribution in [3.05, 3.63) is 24.0 Å². The molecule has 0 aliphatic rings. The van der Waals surface area contributed by atoms with Crippen molar-refractivity contribution in [2.45, 2.75) is 4.90 Å². The van der Waals surface area contributed by atoms with Crippen molar-refractivity contribution in [3.8, 4) is 5.75 Å². The molecule has 0 atom stereocenters. The monoisotopic (exact) mass is 190 g/mol. The lowest BCUT2D eigenvalue weighted by molar-refractivity contribution is 0.410. The minimum atomic E-state index is -2.86. The summed E-state index contributed by atoms with van der Waals surface area (Å²) in [5.74, 6) is -0.487. The summed E-state index contributed by atoms with van der Waals surface area (Å²) in [6, 6.07) is 3.59. The zero-order chi connectivity index (χ0) is 9.14. The molecule has 1 aromatic carbocycles. The lowest BCUT2D eigenvalue weighted by atomic mass is 10.3. The summed E-state index contributed by atoms with van der Waals surface area (Å²) in [7, 11) is -1.48. The Balaban J connectivity index is 3.20. The molecule has 66 valence electrons. The van der Waals surface area contributed by atoms with Gasteiger partial charge in [-0.3, -0.25) is 0 Å². The lowest BCUT2D eigenvalue weighted by Crippen LogP contribution is -1.89. The largest absolute Gasteiger partial charge is 0.497 e. The van der Waals surface area contributed by atoms with E-state index in [-0.39, 0.29) is 4.90 Å². The number of benzene rings is 1. The second-order valence-corrected chi connectivity index (χ2v) is 3.07. The van der Waals surface area contributed by atoms with Crippen molar-refractivity contribution in [1.82, 2.24) is 0 Å². The second kappa shape index (κ2) is 3.53. The lowest BCUT2D eigenvalue weighted by Gasteiger charge is -1.99. The Hall–Kier alpha value is -1.10. The summed E-state index contributed by atoms with van der Waals surface area (Å²) in [4.78, 5) is -0.314. The second-order valence-electron chi connectivity index (χ2n) is 2.07. The zero-order valence-corrected chi connectivity index (χ0v) is 7.18. The number of halogens is 1. The first-order valence-electron chi connectivity index (χ1n) is 3.13. The van der Waals surface area contributed by atoms with Crippen molar-refractivity contribution in [2.24, 2.45) is 0 Å². The average Bonchev–Trinajstić information content (AvgIpc) is 2.03. The molecule has 0 radical (unpaired) electrons. The van der Waals surface area contributed by atoms with E-state index in [1.807, 2.05) is 0 Å². The molecule has 0 saturated heterocycles. The fourth-order valence-corrected chi connectivity index (χ4v) is 1.20. The third kappa shape index (κ3) is 1.73. The standard InChI is InChI=1S/C7H7FO3S/c1-11-5-2-3-7(12(9)10)6(8)4-5/h2-4,12H,1H3. The van der Waals surface area contributed by atoms with Gasteiger partial charge in [-0.25, -0.2) is 12.8 Å². The first-order chi connectivity index (χ1) is 5.65. The van der Waals surface area contributed by atoms with Gasteiger partial charge in [0.1, 0.15) is 16.5 Å². The van der Waals surface area contributed by atoms with Gasteiger partial charge >= 0.3 is 0 Å².